The first-order chi connectivity index (χ1) is 72.9. The molecule has 17 heteroatoms. The van der Waals surface area contributed by atoms with Gasteiger partial charge in [0.2, 0.25) is 0 Å². The van der Waals surface area contributed by atoms with Crippen molar-refractivity contribution in [1.82, 2.24) is 28.7 Å². The number of hydrogen-bond acceptors (Lipinski definition) is 14. The highest BCUT2D eigenvalue weighted by atomic mass is 16.3. The Morgan fingerprint density at radius 1 is 0.162 bits per heavy atom. The van der Waals surface area contributed by atoms with E-state index in [-0.39, 0.29) is 0 Å². The van der Waals surface area contributed by atoms with Crippen molar-refractivity contribution in [2.24, 2.45) is 0 Å². The molecular formula is C131H70N14O3. The fraction of sp³-hybridized carbons (Fsp3) is 0. The average molecular weight is 1890 g/mol. The van der Waals surface area contributed by atoms with Gasteiger partial charge in [-0.25, -0.2) is 15.0 Å². The minimum absolute atomic E-state index is 0.549. The third-order valence-electron chi connectivity index (χ3n) is 27.6. The van der Waals surface area contributed by atoms with Crippen LogP contribution in [0, 0.1) is 90.6 Å². The topological polar surface area (TPSA) is 283 Å². The van der Waals surface area contributed by atoms with Crippen LogP contribution in [-0.4, -0.2) is 28.7 Å². The molecule has 682 valence electrons. The molecule has 0 N–H and O–H groups in total. The van der Waals surface area contributed by atoms with Crippen molar-refractivity contribution in [1.29, 1.82) is 42.1 Å². The lowest BCUT2D eigenvalue weighted by molar-refractivity contribution is 0.668. The van der Waals surface area contributed by atoms with Gasteiger partial charge in [0.15, 0.2) is 0 Å². The molecule has 27 aromatic rings. The highest BCUT2D eigenvalue weighted by molar-refractivity contribution is 6.15. The Balaban J connectivity index is 0.000000115. The first kappa shape index (κ1) is 87.6. The maximum Gasteiger partial charge on any atom is 0.135 e. The van der Waals surface area contributed by atoms with Gasteiger partial charge in [-0.05, 0) is 306 Å². The van der Waals surface area contributed by atoms with E-state index >= 15 is 0 Å². The number of hydrogen-bond donors (Lipinski definition) is 0. The van der Waals surface area contributed by atoms with Gasteiger partial charge in [-0.2, -0.15) is 42.1 Å². The van der Waals surface area contributed by atoms with Crippen LogP contribution in [-0.2, 0) is 0 Å². The minimum atomic E-state index is 0.549. The van der Waals surface area contributed by atoms with E-state index in [0.29, 0.717) is 50.2 Å². The lowest BCUT2D eigenvalue weighted by Gasteiger charge is -2.14. The van der Waals surface area contributed by atoms with E-state index in [1.807, 2.05) is 291 Å². The molecule has 9 aromatic heterocycles. The smallest absolute Gasteiger partial charge is 0.135 e. The lowest BCUT2D eigenvalue weighted by atomic mass is 9.98. The number of furan rings is 3. The van der Waals surface area contributed by atoms with Gasteiger partial charge in [-0.3, -0.25) is 0 Å². The average Bonchev–Trinajstić information content (AvgIpc) is 1.59. The summed E-state index contributed by atoms with van der Waals surface area (Å²) in [6.45, 7) is 0. The number of para-hydroxylation sites is 4. The monoisotopic (exact) mass is 1890 g/mol. The van der Waals surface area contributed by atoms with Crippen molar-refractivity contribution in [2.75, 3.05) is 0 Å². The van der Waals surface area contributed by atoms with Crippen molar-refractivity contribution in [3.05, 3.63) is 469 Å². The summed E-state index contributed by atoms with van der Waals surface area (Å²) in [5.74, 6) is 0. The zero-order valence-corrected chi connectivity index (χ0v) is 78.4. The van der Waals surface area contributed by atoms with E-state index in [9.17, 15) is 42.1 Å². The zero-order valence-electron chi connectivity index (χ0n) is 78.4. The molecule has 0 saturated heterocycles. The van der Waals surface area contributed by atoms with Crippen LogP contribution in [0.2, 0.25) is 0 Å². The predicted octanol–water partition coefficient (Wildman–Crippen LogP) is 32.2. The maximum atomic E-state index is 9.81. The molecule has 0 bridgehead atoms. The second-order valence-electron chi connectivity index (χ2n) is 36.2. The Morgan fingerprint density at radius 2 is 0.446 bits per heavy atom. The fourth-order valence-electron chi connectivity index (χ4n) is 20.6. The van der Waals surface area contributed by atoms with Gasteiger partial charge < -0.3 is 27.0 Å². The number of nitrogens with zero attached hydrogens (tertiary/aromatic N) is 14. The van der Waals surface area contributed by atoms with E-state index in [1.54, 1.807) is 12.1 Å². The summed E-state index contributed by atoms with van der Waals surface area (Å²) in [5.41, 5.74) is 34.3. The molecular weight excluding hydrogens is 1820 g/mol. The van der Waals surface area contributed by atoms with E-state index in [4.69, 9.17) is 28.2 Å². The van der Waals surface area contributed by atoms with Gasteiger partial charge in [0.25, 0.3) is 0 Å². The zero-order chi connectivity index (χ0) is 99.7. The normalized spacial score (nSPS) is 11.2. The molecule has 0 saturated carbocycles. The van der Waals surface area contributed by atoms with Crippen LogP contribution < -0.4 is 0 Å². The van der Waals surface area contributed by atoms with Gasteiger partial charge in [0, 0.05) is 115 Å². The second kappa shape index (κ2) is 36.4. The largest absolute Gasteiger partial charge is 0.456 e. The molecule has 9 heterocycles. The molecule has 0 amide bonds. The third kappa shape index (κ3) is 15.6. The highest BCUT2D eigenvalue weighted by Gasteiger charge is 2.25. The summed E-state index contributed by atoms with van der Waals surface area (Å²) in [6.07, 6.45) is 0. The first-order valence-electron chi connectivity index (χ1n) is 47.7. The van der Waals surface area contributed by atoms with E-state index in [2.05, 4.69) is 184 Å². The number of benzene rings is 18. The van der Waals surface area contributed by atoms with Crippen LogP contribution in [0.15, 0.2) is 438 Å². The number of aromatic nitrogens is 6. The standard InChI is InChI=1S/2C44H23N5O.C43H24N4O/c45-24-27-5-3-6-31(17-27)39-8-4-9-40(48-39)33-20-32(30-13-16-44-38(23-30)35-7-1-2-10-43(35)50-44)21-34(22-33)49-41-14-11-28(25-46)18-36(41)37-19-29(26-47)12-15-42(37)49;45-24-27-12-15-41-36(18-27)37-19-28(25-46)13-16-42(37)49(41)33-21-31(29-14-17-44-38(23-29)35-8-3-4-11-43(35)50-44)20-32(22-33)39-9-5-10-40(48-39)34-7-2-1-6-30(34)26-47;44-25-27-12-15-29(16-13-27)38-8-5-9-39(46-38)32-21-31(30-17-19-43-37(24-30)35-7-2-4-11-42(35)48-43)22-33(23-32)47-40-10-3-1-6-34(40)36-20-28(26-45)14-18-41(36)47/h2*1-23H;1-24H. The van der Waals surface area contributed by atoms with Gasteiger partial charge in [-0.1, -0.05) is 152 Å². The van der Waals surface area contributed by atoms with Crippen molar-refractivity contribution in [2.45, 2.75) is 0 Å². The first-order valence-corrected chi connectivity index (χ1v) is 47.7. The van der Waals surface area contributed by atoms with Crippen LogP contribution in [0.25, 0.3) is 249 Å². The molecule has 0 unspecified atom stereocenters. The molecule has 0 atom stereocenters. The Morgan fingerprint density at radius 3 is 0.831 bits per heavy atom. The third-order valence-corrected chi connectivity index (χ3v) is 27.6. The van der Waals surface area contributed by atoms with Gasteiger partial charge in [-0.15, -0.1) is 0 Å². The molecule has 0 aliphatic rings. The SMILES string of the molecule is N#Cc1ccc(-c2cccc(-c3cc(-c4ccc5oc6ccccc6c5c4)cc(-n4c5ccccc5c5cc(C#N)ccc54)c3)n2)cc1.N#Cc1ccc2c(c1)c1cc(C#N)ccc1n2-c1cc(-c2ccc3oc4ccccc4c3c2)cc(-c2cccc(-c3ccccc3C#N)n2)c1.N#Cc1cccc(-c2cccc(-c3cc(-c4ccc5oc6ccccc6c5c4)cc(-n4c5ccc(C#N)cc5c5cc(C#N)ccc54)c3)n2)c1. The quantitative estimate of drug-likeness (QED) is 0.110. The summed E-state index contributed by atoms with van der Waals surface area (Å²) in [4.78, 5) is 15.3. The Bertz CT molecular complexity index is 10500. The Hall–Kier alpha value is -21.9. The van der Waals surface area contributed by atoms with E-state index < -0.39 is 0 Å². The number of pyridine rings is 3. The molecule has 17 nitrogen and oxygen atoms in total. The van der Waals surface area contributed by atoms with Crippen LogP contribution >= 0.6 is 0 Å². The van der Waals surface area contributed by atoms with E-state index in [0.717, 1.165) is 244 Å². The van der Waals surface area contributed by atoms with Crippen LogP contribution in [0.1, 0.15) is 44.5 Å². The molecule has 18 aromatic carbocycles. The van der Waals surface area contributed by atoms with Crippen molar-refractivity contribution >= 4 is 131 Å². The molecule has 0 fully saturated rings. The molecule has 0 spiro atoms. The molecule has 0 radical (unpaired) electrons. The summed E-state index contributed by atoms with van der Waals surface area (Å²) in [6, 6.07) is 158. The van der Waals surface area contributed by atoms with Crippen molar-refractivity contribution in [3.63, 3.8) is 0 Å². The summed E-state index contributed by atoms with van der Waals surface area (Å²) in [5, 5.41) is 89.3. The summed E-state index contributed by atoms with van der Waals surface area (Å²) in [7, 11) is 0. The Labute approximate surface area is 845 Å². The van der Waals surface area contributed by atoms with Gasteiger partial charge in [0.1, 0.15) is 33.5 Å². The highest BCUT2D eigenvalue weighted by Crippen LogP contribution is 2.46. The van der Waals surface area contributed by atoms with Gasteiger partial charge >= 0.3 is 0 Å². The predicted molar refractivity (Wildman–Crippen MR) is 584 cm³/mol. The van der Waals surface area contributed by atoms with Crippen LogP contribution in [0.4, 0.5) is 0 Å². The molecule has 27 rings (SSSR count). The second-order valence-corrected chi connectivity index (χ2v) is 36.2. The van der Waals surface area contributed by atoms with Gasteiger partial charge in [0.05, 0.1) is 160 Å². The molecule has 0 aliphatic heterocycles. The van der Waals surface area contributed by atoms with Crippen LogP contribution in [0.3, 0.4) is 0 Å². The Kier molecular flexibility index (Phi) is 21.6. The minimum Gasteiger partial charge on any atom is -0.456 e. The van der Waals surface area contributed by atoms with Crippen molar-refractivity contribution in [3.8, 4) is 167 Å². The summed E-state index contributed by atoms with van der Waals surface area (Å²) < 4.78 is 25.1. The number of nitriles is 8. The lowest BCUT2D eigenvalue weighted by Crippen LogP contribution is -1.97. The summed E-state index contributed by atoms with van der Waals surface area (Å²) >= 11 is 0. The van der Waals surface area contributed by atoms with E-state index in [1.165, 1.54) is 0 Å². The number of fused-ring (bicyclic) bond motifs is 18. The fourth-order valence-corrected chi connectivity index (χ4v) is 20.6. The molecule has 148 heavy (non-hydrogen) atoms. The maximum absolute atomic E-state index is 9.81. The number of rotatable bonds is 12. The van der Waals surface area contributed by atoms with Crippen molar-refractivity contribution < 1.29 is 13.3 Å². The molecule has 0 aliphatic carbocycles. The van der Waals surface area contributed by atoms with Crippen LogP contribution in [0.5, 0.6) is 0 Å².